The number of nitrogens with zero attached hydrogens (tertiary/aromatic N) is 4. The van der Waals surface area contributed by atoms with Gasteiger partial charge in [-0.3, -0.25) is 9.36 Å². The molecule has 0 spiro atoms. The third-order valence-corrected chi connectivity index (χ3v) is 7.46. The van der Waals surface area contributed by atoms with E-state index in [4.69, 9.17) is 0 Å². The van der Waals surface area contributed by atoms with Crippen LogP contribution < -0.4 is 0 Å². The number of hydrogen-bond acceptors (Lipinski definition) is 4. The Kier molecular flexibility index (Phi) is 7.13. The SMILES string of the molecule is CC1CCCC(C)N1C(=O)CSc1nnc(-c2ccccc2Br)n1Cc1ccccc1. The van der Waals surface area contributed by atoms with Crippen LogP contribution in [0.2, 0.25) is 0 Å². The summed E-state index contributed by atoms with van der Waals surface area (Å²) >= 11 is 5.12. The van der Waals surface area contributed by atoms with Crippen LogP contribution in [0.5, 0.6) is 0 Å². The first-order valence-corrected chi connectivity index (χ1v) is 12.5. The predicted molar refractivity (Wildman–Crippen MR) is 129 cm³/mol. The zero-order chi connectivity index (χ0) is 21.8. The molecule has 0 bridgehead atoms. The van der Waals surface area contributed by atoms with Gasteiger partial charge in [-0.1, -0.05) is 76.2 Å². The summed E-state index contributed by atoms with van der Waals surface area (Å²) in [6.07, 6.45) is 3.36. The Morgan fingerprint density at radius 2 is 1.71 bits per heavy atom. The summed E-state index contributed by atoms with van der Waals surface area (Å²) in [5.41, 5.74) is 2.16. The zero-order valence-corrected chi connectivity index (χ0v) is 20.3. The highest BCUT2D eigenvalue weighted by atomic mass is 79.9. The Morgan fingerprint density at radius 3 is 2.42 bits per heavy atom. The van der Waals surface area contributed by atoms with Gasteiger partial charge in [-0.15, -0.1) is 10.2 Å². The predicted octanol–water partition coefficient (Wildman–Crippen LogP) is 5.64. The van der Waals surface area contributed by atoms with Crippen LogP contribution in [0, 0.1) is 0 Å². The molecule has 1 amide bonds. The smallest absolute Gasteiger partial charge is 0.233 e. The zero-order valence-electron chi connectivity index (χ0n) is 17.9. The number of carbonyl (C=O) groups excluding carboxylic acids is 1. The molecule has 0 radical (unpaired) electrons. The first kappa shape index (κ1) is 22.1. The van der Waals surface area contributed by atoms with Gasteiger partial charge in [-0.2, -0.15) is 0 Å². The number of rotatable bonds is 6. The maximum atomic E-state index is 13.0. The van der Waals surface area contributed by atoms with Gasteiger partial charge >= 0.3 is 0 Å². The Hall–Kier alpha value is -2.12. The number of hydrogen-bond donors (Lipinski definition) is 0. The summed E-state index contributed by atoms with van der Waals surface area (Å²) in [7, 11) is 0. The molecule has 3 aromatic rings. The lowest BCUT2D eigenvalue weighted by Gasteiger charge is -2.39. The van der Waals surface area contributed by atoms with Crippen molar-refractivity contribution in [1.82, 2.24) is 19.7 Å². The second kappa shape index (κ2) is 10.0. The fraction of sp³-hybridized carbons (Fsp3) is 0.375. The molecule has 1 fully saturated rings. The van der Waals surface area contributed by atoms with Crippen LogP contribution in [0.1, 0.15) is 38.7 Å². The van der Waals surface area contributed by atoms with E-state index in [1.165, 1.54) is 23.7 Å². The lowest BCUT2D eigenvalue weighted by molar-refractivity contribution is -0.134. The van der Waals surface area contributed by atoms with Gasteiger partial charge in [0.1, 0.15) is 0 Å². The lowest BCUT2D eigenvalue weighted by Crippen LogP contribution is -2.48. The first-order chi connectivity index (χ1) is 15.0. The van der Waals surface area contributed by atoms with Crippen molar-refractivity contribution in [3.63, 3.8) is 0 Å². The molecule has 2 heterocycles. The van der Waals surface area contributed by atoms with E-state index in [2.05, 4.69) is 61.6 Å². The molecule has 1 aromatic heterocycles. The van der Waals surface area contributed by atoms with Crippen LogP contribution in [-0.4, -0.2) is 43.4 Å². The van der Waals surface area contributed by atoms with E-state index >= 15 is 0 Å². The van der Waals surface area contributed by atoms with Gasteiger partial charge < -0.3 is 4.90 Å². The summed E-state index contributed by atoms with van der Waals surface area (Å²) < 4.78 is 3.08. The summed E-state index contributed by atoms with van der Waals surface area (Å²) in [6.45, 7) is 4.96. The number of likely N-dealkylation sites (tertiary alicyclic amines) is 1. The number of thioether (sulfide) groups is 1. The average Bonchev–Trinajstić information content (AvgIpc) is 3.15. The number of aromatic nitrogens is 3. The molecule has 1 aliphatic heterocycles. The minimum Gasteiger partial charge on any atom is -0.337 e. The van der Waals surface area contributed by atoms with E-state index in [1.807, 2.05) is 42.5 Å². The fourth-order valence-corrected chi connectivity index (χ4v) is 5.53. The number of carbonyl (C=O) groups is 1. The van der Waals surface area contributed by atoms with Crippen molar-refractivity contribution in [2.75, 3.05) is 5.75 Å². The van der Waals surface area contributed by atoms with Gasteiger partial charge in [-0.05, 0) is 44.7 Å². The Bertz CT molecular complexity index is 1030. The monoisotopic (exact) mass is 498 g/mol. The van der Waals surface area contributed by atoms with Crippen molar-refractivity contribution in [3.8, 4) is 11.4 Å². The van der Waals surface area contributed by atoms with E-state index < -0.39 is 0 Å². The highest BCUT2D eigenvalue weighted by Crippen LogP contribution is 2.31. The van der Waals surface area contributed by atoms with E-state index in [0.29, 0.717) is 24.4 Å². The molecule has 2 atom stereocenters. The minimum absolute atomic E-state index is 0.182. The molecule has 0 N–H and O–H groups in total. The maximum Gasteiger partial charge on any atom is 0.233 e. The average molecular weight is 499 g/mol. The molecule has 1 aliphatic rings. The lowest BCUT2D eigenvalue weighted by atomic mass is 9.98. The molecule has 2 unspecified atom stereocenters. The van der Waals surface area contributed by atoms with E-state index in [1.54, 1.807) is 0 Å². The van der Waals surface area contributed by atoms with Crippen molar-refractivity contribution < 1.29 is 4.79 Å². The number of piperidine rings is 1. The van der Waals surface area contributed by atoms with Crippen LogP contribution in [0.4, 0.5) is 0 Å². The van der Waals surface area contributed by atoms with Crippen molar-refractivity contribution in [1.29, 1.82) is 0 Å². The topological polar surface area (TPSA) is 51.0 Å². The summed E-state index contributed by atoms with van der Waals surface area (Å²) in [5.74, 6) is 1.35. The third-order valence-electron chi connectivity index (χ3n) is 5.82. The van der Waals surface area contributed by atoms with Gasteiger partial charge in [0, 0.05) is 22.1 Å². The van der Waals surface area contributed by atoms with Gasteiger partial charge in [0.25, 0.3) is 0 Å². The van der Waals surface area contributed by atoms with Crippen molar-refractivity contribution in [2.24, 2.45) is 0 Å². The third kappa shape index (κ3) is 5.04. The molecular formula is C24H27BrN4OS. The molecule has 1 saturated heterocycles. The normalized spacial score (nSPS) is 18.9. The highest BCUT2D eigenvalue weighted by Gasteiger charge is 2.29. The molecule has 0 saturated carbocycles. The standard InChI is InChI=1S/C24H27BrN4OS/c1-17-9-8-10-18(2)29(17)22(30)16-31-24-27-26-23(20-13-6-7-14-21(20)25)28(24)15-19-11-4-3-5-12-19/h3-7,11-14,17-18H,8-10,15-16H2,1-2H3. The Morgan fingerprint density at radius 1 is 1.03 bits per heavy atom. The summed E-state index contributed by atoms with van der Waals surface area (Å²) in [6, 6.07) is 18.9. The van der Waals surface area contributed by atoms with Crippen molar-refractivity contribution in [3.05, 3.63) is 64.6 Å². The molecule has 31 heavy (non-hydrogen) atoms. The number of benzene rings is 2. The number of amides is 1. The number of halogens is 1. The molecule has 2 aromatic carbocycles. The fourth-order valence-electron chi connectivity index (χ4n) is 4.26. The molecule has 162 valence electrons. The Labute approximate surface area is 196 Å². The summed E-state index contributed by atoms with van der Waals surface area (Å²) in [5, 5.41) is 9.73. The second-order valence-corrected chi connectivity index (χ2v) is 9.87. The largest absolute Gasteiger partial charge is 0.337 e. The van der Waals surface area contributed by atoms with Gasteiger partial charge in [0.05, 0.1) is 12.3 Å². The van der Waals surface area contributed by atoms with Crippen LogP contribution in [0.15, 0.2) is 64.2 Å². The quantitative estimate of drug-likeness (QED) is 0.412. The second-order valence-electron chi connectivity index (χ2n) is 8.08. The van der Waals surface area contributed by atoms with Crippen LogP contribution >= 0.6 is 27.7 Å². The molecule has 7 heteroatoms. The van der Waals surface area contributed by atoms with Gasteiger partial charge in [-0.25, -0.2) is 0 Å². The molecule has 4 rings (SSSR count). The highest BCUT2D eigenvalue weighted by molar-refractivity contribution is 9.10. The van der Waals surface area contributed by atoms with Crippen molar-refractivity contribution >= 4 is 33.6 Å². The van der Waals surface area contributed by atoms with E-state index in [0.717, 1.165) is 33.9 Å². The maximum absolute atomic E-state index is 13.0. The van der Waals surface area contributed by atoms with E-state index in [9.17, 15) is 4.79 Å². The van der Waals surface area contributed by atoms with Crippen LogP contribution in [0.3, 0.4) is 0 Å². The van der Waals surface area contributed by atoms with Crippen LogP contribution in [-0.2, 0) is 11.3 Å². The van der Waals surface area contributed by atoms with Gasteiger partial charge in [0.2, 0.25) is 5.91 Å². The first-order valence-electron chi connectivity index (χ1n) is 10.7. The minimum atomic E-state index is 0.182. The molecular weight excluding hydrogens is 472 g/mol. The van der Waals surface area contributed by atoms with E-state index in [-0.39, 0.29) is 5.91 Å². The molecule has 0 aliphatic carbocycles. The summed E-state index contributed by atoms with van der Waals surface area (Å²) in [4.78, 5) is 15.1. The Balaban J connectivity index is 1.60. The van der Waals surface area contributed by atoms with Gasteiger partial charge in [0.15, 0.2) is 11.0 Å². The van der Waals surface area contributed by atoms with Crippen LogP contribution in [0.25, 0.3) is 11.4 Å². The molecule has 5 nitrogen and oxygen atoms in total. The van der Waals surface area contributed by atoms with Crippen molar-refractivity contribution in [2.45, 2.75) is 56.9 Å².